The van der Waals surface area contributed by atoms with E-state index >= 15 is 0 Å². The van der Waals surface area contributed by atoms with Crippen LogP contribution in [-0.4, -0.2) is 51.9 Å². The molecule has 2 aromatic rings. The highest BCUT2D eigenvalue weighted by Crippen LogP contribution is 2.35. The molecule has 0 unspecified atom stereocenters. The van der Waals surface area contributed by atoms with E-state index in [1.807, 2.05) is 11.0 Å². The molecule has 8 heteroatoms. The third kappa shape index (κ3) is 3.10. The summed E-state index contributed by atoms with van der Waals surface area (Å²) in [5.41, 5.74) is 6.53. The number of nitrogens with two attached hydrogens (primary N) is 1. The summed E-state index contributed by atoms with van der Waals surface area (Å²) in [6.45, 7) is 4.93. The zero-order valence-electron chi connectivity index (χ0n) is 14.7. The van der Waals surface area contributed by atoms with Crippen LogP contribution in [0.5, 0.6) is 0 Å². The van der Waals surface area contributed by atoms with Crippen LogP contribution in [0.4, 0.5) is 17.3 Å². The van der Waals surface area contributed by atoms with Crippen molar-refractivity contribution in [1.29, 1.82) is 0 Å². The number of hydrogen-bond donors (Lipinski definition) is 2. The van der Waals surface area contributed by atoms with E-state index in [4.69, 9.17) is 5.73 Å². The fraction of sp³-hybridized carbons (Fsp3) is 0.263. The van der Waals surface area contributed by atoms with Crippen LogP contribution in [0.2, 0.25) is 0 Å². The summed E-state index contributed by atoms with van der Waals surface area (Å²) in [7, 11) is 0. The van der Waals surface area contributed by atoms with Crippen LogP contribution in [0.1, 0.15) is 16.8 Å². The lowest BCUT2D eigenvalue weighted by Gasteiger charge is -2.34. The van der Waals surface area contributed by atoms with E-state index in [-0.39, 0.29) is 18.0 Å². The van der Waals surface area contributed by atoms with E-state index in [2.05, 4.69) is 26.8 Å². The van der Waals surface area contributed by atoms with Crippen LogP contribution in [0.15, 0.2) is 49.3 Å². The van der Waals surface area contributed by atoms with Gasteiger partial charge in [-0.3, -0.25) is 14.6 Å². The molecule has 0 spiro atoms. The summed E-state index contributed by atoms with van der Waals surface area (Å²) in [4.78, 5) is 36.5. The number of primary amides is 1. The highest BCUT2D eigenvalue weighted by atomic mass is 16.2. The molecule has 2 aliphatic rings. The number of hydrogen-bond acceptors (Lipinski definition) is 6. The number of fused-ring (bicyclic) bond motifs is 2. The molecule has 2 atom stereocenters. The second-order valence-electron chi connectivity index (χ2n) is 6.69. The number of piperazine rings is 1. The average molecular weight is 364 g/mol. The van der Waals surface area contributed by atoms with Crippen LogP contribution in [-0.2, 0) is 4.79 Å². The number of carbonyl (C=O) groups excluding carboxylic acids is 2. The number of amides is 2. The lowest BCUT2D eigenvalue weighted by molar-refractivity contribution is -0.127. The fourth-order valence-electron chi connectivity index (χ4n) is 3.81. The Bertz CT molecular complexity index is 900. The number of anilines is 3. The van der Waals surface area contributed by atoms with Gasteiger partial charge < -0.3 is 20.9 Å². The number of likely N-dealkylation sites (tertiary alicyclic amines) is 1. The molecule has 2 amide bonds. The van der Waals surface area contributed by atoms with Crippen molar-refractivity contribution in [2.24, 2.45) is 5.73 Å². The first-order valence-corrected chi connectivity index (χ1v) is 8.74. The van der Waals surface area contributed by atoms with Crippen molar-refractivity contribution in [3.8, 4) is 0 Å². The van der Waals surface area contributed by atoms with E-state index in [0.717, 1.165) is 17.9 Å². The molecule has 8 nitrogen and oxygen atoms in total. The summed E-state index contributed by atoms with van der Waals surface area (Å²) in [5, 5.41) is 3.12. The number of pyridine rings is 2. The molecule has 0 saturated carbocycles. The maximum atomic E-state index is 11.9. The van der Waals surface area contributed by atoms with Crippen molar-refractivity contribution in [2.75, 3.05) is 23.3 Å². The average Bonchev–Trinajstić information content (AvgIpc) is 3.29. The van der Waals surface area contributed by atoms with Gasteiger partial charge in [0.15, 0.2) is 0 Å². The monoisotopic (exact) mass is 364 g/mol. The molecule has 4 heterocycles. The number of rotatable bonds is 5. The summed E-state index contributed by atoms with van der Waals surface area (Å²) in [6, 6.07) is 7.48. The molecule has 2 bridgehead atoms. The van der Waals surface area contributed by atoms with Gasteiger partial charge in [-0.15, -0.1) is 0 Å². The summed E-state index contributed by atoms with van der Waals surface area (Å²) in [5.74, 6) is 0.573. The van der Waals surface area contributed by atoms with Gasteiger partial charge in [0.1, 0.15) is 11.6 Å². The van der Waals surface area contributed by atoms with Gasteiger partial charge in [0.2, 0.25) is 5.91 Å². The van der Waals surface area contributed by atoms with Crippen molar-refractivity contribution in [1.82, 2.24) is 14.9 Å². The molecule has 0 aliphatic carbocycles. The Morgan fingerprint density at radius 2 is 2.11 bits per heavy atom. The maximum absolute atomic E-state index is 11.9. The Balaban J connectivity index is 1.60. The predicted octanol–water partition coefficient (Wildman–Crippen LogP) is 1.29. The molecule has 2 aromatic heterocycles. The van der Waals surface area contributed by atoms with Gasteiger partial charge in [-0.2, -0.15) is 0 Å². The molecule has 3 N–H and O–H groups in total. The van der Waals surface area contributed by atoms with Gasteiger partial charge in [0.05, 0.1) is 29.5 Å². The second kappa shape index (κ2) is 6.71. The molecule has 138 valence electrons. The Morgan fingerprint density at radius 1 is 1.26 bits per heavy atom. The highest BCUT2D eigenvalue weighted by molar-refractivity contribution is 5.98. The first-order chi connectivity index (χ1) is 13.1. The quantitative estimate of drug-likeness (QED) is 0.775. The molecule has 2 saturated heterocycles. The van der Waals surface area contributed by atoms with Crippen molar-refractivity contribution < 1.29 is 9.59 Å². The van der Waals surface area contributed by atoms with Gasteiger partial charge in [-0.25, -0.2) is 4.98 Å². The van der Waals surface area contributed by atoms with Crippen molar-refractivity contribution >= 4 is 29.1 Å². The normalized spacial score (nSPS) is 20.6. The van der Waals surface area contributed by atoms with E-state index in [9.17, 15) is 9.59 Å². The number of carbonyl (C=O) groups is 2. The van der Waals surface area contributed by atoms with Crippen molar-refractivity contribution in [2.45, 2.75) is 18.5 Å². The largest absolute Gasteiger partial charge is 0.365 e. The summed E-state index contributed by atoms with van der Waals surface area (Å²) >= 11 is 0. The van der Waals surface area contributed by atoms with E-state index < -0.39 is 5.91 Å². The van der Waals surface area contributed by atoms with E-state index in [1.165, 1.54) is 6.08 Å². The van der Waals surface area contributed by atoms with E-state index in [0.29, 0.717) is 24.5 Å². The maximum Gasteiger partial charge on any atom is 0.252 e. The van der Waals surface area contributed by atoms with Gasteiger partial charge in [-0.1, -0.05) is 6.58 Å². The first kappa shape index (κ1) is 17.0. The molecule has 0 radical (unpaired) electrons. The number of aromatic nitrogens is 2. The van der Waals surface area contributed by atoms with Crippen molar-refractivity contribution in [3.63, 3.8) is 0 Å². The zero-order chi connectivity index (χ0) is 19.0. The van der Waals surface area contributed by atoms with Crippen molar-refractivity contribution in [3.05, 3.63) is 54.9 Å². The molecule has 27 heavy (non-hydrogen) atoms. The molecule has 2 aliphatic heterocycles. The third-order valence-electron chi connectivity index (χ3n) is 5.06. The fourth-order valence-corrected chi connectivity index (χ4v) is 3.81. The molecule has 2 fully saturated rings. The third-order valence-corrected chi connectivity index (χ3v) is 5.06. The highest BCUT2D eigenvalue weighted by Gasteiger charge is 2.45. The minimum Gasteiger partial charge on any atom is -0.365 e. The molecule has 4 rings (SSSR count). The lowest BCUT2D eigenvalue weighted by atomic mass is 10.2. The van der Waals surface area contributed by atoms with Gasteiger partial charge in [-0.05, 0) is 36.8 Å². The van der Waals surface area contributed by atoms with E-state index in [1.54, 1.807) is 30.6 Å². The second-order valence-corrected chi connectivity index (χ2v) is 6.69. The number of nitrogens with zero attached hydrogens (tertiary/aromatic N) is 4. The van der Waals surface area contributed by atoms with Crippen LogP contribution in [0, 0.1) is 0 Å². The topological polar surface area (TPSA) is 104 Å². The predicted molar refractivity (Wildman–Crippen MR) is 102 cm³/mol. The van der Waals surface area contributed by atoms with Crippen LogP contribution < -0.4 is 16.0 Å². The molecular formula is C19H20N6O2. The molecular weight excluding hydrogens is 344 g/mol. The standard InChI is InChI=1S/C19H20N6O2/c1-2-17(26)25-11-13-8-14(25)10-24(13)16-6-5-15(18(20)27)19(23-16)22-12-4-3-7-21-9-12/h2-7,9,13-14H,1,8,10-11H2,(H2,20,27)(H,22,23)/t13-,14-/m0/s1. The minimum absolute atomic E-state index is 0.0295. The smallest absolute Gasteiger partial charge is 0.252 e. The Hall–Kier alpha value is -3.42. The SMILES string of the molecule is C=CC(=O)N1C[C@@H]2C[C@H]1CN2c1ccc(C(N)=O)c(Nc2cccnc2)n1. The van der Waals surface area contributed by atoms with Gasteiger partial charge in [0.25, 0.3) is 5.91 Å². The van der Waals surface area contributed by atoms with Gasteiger partial charge in [0, 0.05) is 19.3 Å². The van der Waals surface area contributed by atoms with Crippen LogP contribution >= 0.6 is 0 Å². The molecule has 0 aromatic carbocycles. The van der Waals surface area contributed by atoms with Crippen LogP contribution in [0.3, 0.4) is 0 Å². The zero-order valence-corrected chi connectivity index (χ0v) is 14.7. The summed E-state index contributed by atoms with van der Waals surface area (Å²) in [6.07, 6.45) is 5.59. The number of nitrogens with one attached hydrogen (secondary N) is 1. The Morgan fingerprint density at radius 3 is 2.74 bits per heavy atom. The summed E-state index contributed by atoms with van der Waals surface area (Å²) < 4.78 is 0. The minimum atomic E-state index is -0.550. The Labute approximate surface area is 156 Å². The van der Waals surface area contributed by atoms with Gasteiger partial charge >= 0.3 is 0 Å². The Kier molecular flexibility index (Phi) is 4.23. The van der Waals surface area contributed by atoms with Crippen LogP contribution in [0.25, 0.3) is 0 Å². The first-order valence-electron chi connectivity index (χ1n) is 8.74. The lowest BCUT2D eigenvalue weighted by Crippen LogP contribution is -2.48.